The molecule has 10 nitrogen and oxygen atoms in total. The van der Waals surface area contributed by atoms with Crippen LogP contribution in [-0.4, -0.2) is 79.4 Å². The number of sulfonamides is 1. The van der Waals surface area contributed by atoms with E-state index in [2.05, 4.69) is 10.2 Å². The zero-order valence-corrected chi connectivity index (χ0v) is 23.1. The first-order valence-corrected chi connectivity index (χ1v) is 14.4. The van der Waals surface area contributed by atoms with Crippen LogP contribution in [-0.2, 0) is 26.0 Å². The first-order chi connectivity index (χ1) is 18.4. The molecule has 2 aromatic rings. The second kappa shape index (κ2) is 12.7. The lowest BCUT2D eigenvalue weighted by Gasteiger charge is -2.31. The average molecular weight is 548 g/mol. The highest BCUT2D eigenvalue weighted by Gasteiger charge is 2.28. The van der Waals surface area contributed by atoms with E-state index in [0.29, 0.717) is 55.7 Å². The van der Waals surface area contributed by atoms with Crippen LogP contribution in [0.25, 0.3) is 0 Å². The molecule has 38 heavy (non-hydrogen) atoms. The molecule has 0 spiro atoms. The second-order valence-electron chi connectivity index (χ2n) is 9.32. The van der Waals surface area contributed by atoms with Crippen molar-refractivity contribution in [3.63, 3.8) is 0 Å². The summed E-state index contributed by atoms with van der Waals surface area (Å²) >= 11 is 0. The van der Waals surface area contributed by atoms with Gasteiger partial charge in [0.15, 0.2) is 11.5 Å². The molecule has 208 valence electrons. The Bertz CT molecular complexity index is 1200. The summed E-state index contributed by atoms with van der Waals surface area (Å²) in [6, 6.07) is 8.69. The van der Waals surface area contributed by atoms with Gasteiger partial charge < -0.3 is 29.2 Å². The first kappa shape index (κ1) is 28.0. The number of aryl methyl sites for hydroxylation is 1. The van der Waals surface area contributed by atoms with Gasteiger partial charge in [-0.25, -0.2) is 8.42 Å². The number of nitrogens with zero attached hydrogens (tertiary/aromatic N) is 2. The van der Waals surface area contributed by atoms with Crippen molar-refractivity contribution in [2.24, 2.45) is 0 Å². The van der Waals surface area contributed by atoms with Gasteiger partial charge >= 0.3 is 0 Å². The van der Waals surface area contributed by atoms with Crippen LogP contribution in [0.2, 0.25) is 0 Å². The SMILES string of the molecule is COc1cc(CCC(=O)Nc2cc(S(=O)(=O)N3CCOCC3)ccc2N2CCCCC2)cc(OC)c1OC. The molecule has 0 atom stereocenters. The van der Waals surface area contributed by atoms with Crippen LogP contribution in [0.15, 0.2) is 35.2 Å². The molecule has 0 radical (unpaired) electrons. The molecule has 2 aliphatic rings. The lowest BCUT2D eigenvalue weighted by molar-refractivity contribution is -0.116. The Morgan fingerprint density at radius 1 is 0.921 bits per heavy atom. The number of ether oxygens (including phenoxy) is 4. The Kier molecular flexibility index (Phi) is 9.35. The molecule has 2 aliphatic heterocycles. The molecule has 0 unspecified atom stereocenters. The number of morpholine rings is 1. The summed E-state index contributed by atoms with van der Waals surface area (Å²) in [6.45, 7) is 3.10. The fourth-order valence-electron chi connectivity index (χ4n) is 4.87. The number of rotatable bonds is 10. The number of amides is 1. The lowest BCUT2D eigenvalue weighted by atomic mass is 10.1. The van der Waals surface area contributed by atoms with Crippen LogP contribution in [0.4, 0.5) is 11.4 Å². The van der Waals surface area contributed by atoms with E-state index in [9.17, 15) is 13.2 Å². The van der Waals surface area contributed by atoms with Gasteiger partial charge in [0.25, 0.3) is 0 Å². The largest absolute Gasteiger partial charge is 0.493 e. The molecular weight excluding hydrogens is 510 g/mol. The van der Waals surface area contributed by atoms with Gasteiger partial charge in [-0.3, -0.25) is 4.79 Å². The van der Waals surface area contributed by atoms with Crippen molar-refractivity contribution in [3.8, 4) is 17.2 Å². The van der Waals surface area contributed by atoms with Crippen molar-refractivity contribution < 1.29 is 32.2 Å². The number of carbonyl (C=O) groups is 1. The number of benzene rings is 2. The first-order valence-electron chi connectivity index (χ1n) is 12.9. The standard InChI is InChI=1S/C27H37N3O7S/c1-34-24-17-20(18-25(35-2)27(24)36-3)7-10-26(31)28-22-19-21(38(32,33)30-13-15-37-16-14-30)8-9-23(22)29-11-5-4-6-12-29/h8-9,17-19H,4-7,10-16H2,1-3H3,(H,28,31). The highest BCUT2D eigenvalue weighted by molar-refractivity contribution is 7.89. The van der Waals surface area contributed by atoms with Gasteiger partial charge in [0.2, 0.25) is 21.7 Å². The number of hydrogen-bond acceptors (Lipinski definition) is 8. The summed E-state index contributed by atoms with van der Waals surface area (Å²) in [7, 11) is 0.940. The molecule has 1 amide bonds. The smallest absolute Gasteiger partial charge is 0.243 e. The molecule has 0 bridgehead atoms. The Morgan fingerprint density at radius 3 is 2.18 bits per heavy atom. The molecule has 2 saturated heterocycles. The van der Waals surface area contributed by atoms with Crippen LogP contribution in [0.3, 0.4) is 0 Å². The van der Waals surface area contributed by atoms with E-state index in [1.807, 2.05) is 18.2 Å². The van der Waals surface area contributed by atoms with Gasteiger partial charge in [0.05, 0.1) is 50.8 Å². The van der Waals surface area contributed by atoms with Crippen molar-refractivity contribution in [2.45, 2.75) is 37.0 Å². The predicted molar refractivity (Wildman–Crippen MR) is 145 cm³/mol. The van der Waals surface area contributed by atoms with E-state index in [1.54, 1.807) is 33.5 Å². The summed E-state index contributed by atoms with van der Waals surface area (Å²) in [5.41, 5.74) is 2.21. The van der Waals surface area contributed by atoms with E-state index in [1.165, 1.54) is 4.31 Å². The van der Waals surface area contributed by atoms with Crippen LogP contribution in [0.5, 0.6) is 17.2 Å². The molecule has 11 heteroatoms. The lowest BCUT2D eigenvalue weighted by Crippen LogP contribution is -2.40. The van der Waals surface area contributed by atoms with Crippen molar-refractivity contribution in [1.82, 2.24) is 4.31 Å². The third-order valence-electron chi connectivity index (χ3n) is 6.91. The molecule has 4 rings (SSSR count). The van der Waals surface area contributed by atoms with Crippen molar-refractivity contribution in [1.29, 1.82) is 0 Å². The summed E-state index contributed by atoms with van der Waals surface area (Å²) in [5.74, 6) is 1.33. The summed E-state index contributed by atoms with van der Waals surface area (Å²) in [4.78, 5) is 15.5. The number of anilines is 2. The average Bonchev–Trinajstić information content (AvgIpc) is 2.96. The monoisotopic (exact) mass is 547 g/mol. The highest BCUT2D eigenvalue weighted by Crippen LogP contribution is 2.38. The molecule has 0 aliphatic carbocycles. The molecular formula is C27H37N3O7S. The summed E-state index contributed by atoms with van der Waals surface area (Å²) in [6.07, 6.45) is 3.91. The van der Waals surface area contributed by atoms with E-state index in [-0.39, 0.29) is 17.2 Å². The highest BCUT2D eigenvalue weighted by atomic mass is 32.2. The Balaban J connectivity index is 1.55. The topological polar surface area (TPSA) is 107 Å². The van der Waals surface area contributed by atoms with Crippen LogP contribution >= 0.6 is 0 Å². The number of carbonyl (C=O) groups excluding carboxylic acids is 1. The van der Waals surface area contributed by atoms with Gasteiger partial charge in [-0.15, -0.1) is 0 Å². The third-order valence-corrected chi connectivity index (χ3v) is 8.81. The Morgan fingerprint density at radius 2 is 1.58 bits per heavy atom. The Hall–Kier alpha value is -3.02. The minimum absolute atomic E-state index is 0.167. The molecule has 2 fully saturated rings. The van der Waals surface area contributed by atoms with Crippen LogP contribution < -0.4 is 24.4 Å². The van der Waals surface area contributed by atoms with Gasteiger partial charge in [-0.1, -0.05) is 0 Å². The molecule has 2 heterocycles. The maximum Gasteiger partial charge on any atom is 0.243 e. The van der Waals surface area contributed by atoms with Crippen molar-refractivity contribution in [2.75, 3.05) is 70.9 Å². The molecule has 2 aromatic carbocycles. The van der Waals surface area contributed by atoms with Crippen LogP contribution in [0, 0.1) is 0 Å². The fraction of sp³-hybridized carbons (Fsp3) is 0.519. The van der Waals surface area contributed by atoms with Gasteiger partial charge in [0.1, 0.15) is 0 Å². The van der Waals surface area contributed by atoms with E-state index in [0.717, 1.165) is 43.6 Å². The summed E-state index contributed by atoms with van der Waals surface area (Å²) < 4.78 is 49.6. The summed E-state index contributed by atoms with van der Waals surface area (Å²) in [5, 5.41) is 3.00. The Labute approximate surface area is 224 Å². The van der Waals surface area contributed by atoms with Gasteiger partial charge in [-0.05, 0) is 61.6 Å². The zero-order valence-electron chi connectivity index (χ0n) is 22.3. The molecule has 0 aromatic heterocycles. The zero-order chi connectivity index (χ0) is 27.1. The molecule has 1 N–H and O–H groups in total. The quantitative estimate of drug-likeness (QED) is 0.483. The van der Waals surface area contributed by atoms with E-state index in [4.69, 9.17) is 18.9 Å². The normalized spacial score (nSPS) is 16.7. The van der Waals surface area contributed by atoms with E-state index < -0.39 is 10.0 Å². The number of methoxy groups -OCH3 is 3. The number of hydrogen-bond donors (Lipinski definition) is 1. The van der Waals surface area contributed by atoms with E-state index >= 15 is 0 Å². The van der Waals surface area contributed by atoms with Gasteiger partial charge in [-0.2, -0.15) is 4.31 Å². The maximum absolute atomic E-state index is 13.3. The maximum atomic E-state index is 13.3. The second-order valence-corrected chi connectivity index (χ2v) is 11.3. The third kappa shape index (κ3) is 6.33. The van der Waals surface area contributed by atoms with Crippen LogP contribution in [0.1, 0.15) is 31.2 Å². The van der Waals surface area contributed by atoms with Gasteiger partial charge in [0, 0.05) is 32.6 Å². The van der Waals surface area contributed by atoms with Crippen molar-refractivity contribution in [3.05, 3.63) is 35.9 Å². The number of nitrogens with one attached hydrogen (secondary N) is 1. The number of piperidine rings is 1. The predicted octanol–water partition coefficient (Wildman–Crippen LogP) is 3.29. The minimum Gasteiger partial charge on any atom is -0.493 e. The fourth-order valence-corrected chi connectivity index (χ4v) is 6.31. The van der Waals surface area contributed by atoms with Crippen molar-refractivity contribution >= 4 is 27.3 Å². The minimum atomic E-state index is -3.70. The molecule has 0 saturated carbocycles.